The normalized spacial score (nSPS) is 20.1. The lowest BCUT2D eigenvalue weighted by Crippen LogP contribution is -2.34. The van der Waals surface area contributed by atoms with E-state index in [-0.39, 0.29) is 32.5 Å². The molecule has 3 heteroatoms. The van der Waals surface area contributed by atoms with Gasteiger partial charge < -0.3 is 9.80 Å². The summed E-state index contributed by atoms with van der Waals surface area (Å²) in [5, 5.41) is 0.342. The van der Waals surface area contributed by atoms with E-state index < -0.39 is 10.0 Å². The SMILES string of the molecule is CC(C)(C)c1ccc(N2c3cc4c(cc3S35CC3c3cc(C(C)(C)c6ccccc6)ccc3N(c3ccc(C(C)(C)c6ccccc6)cc3)c3cc(C(C)(C)C)cc2c35)C(C)(C)CCC4(C)C)c(-c2ccccc2)c1. The highest BCUT2D eigenvalue weighted by Gasteiger charge is 2.62. The number of benzene rings is 8. The van der Waals surface area contributed by atoms with Crippen LogP contribution < -0.4 is 9.80 Å². The van der Waals surface area contributed by atoms with E-state index in [4.69, 9.17) is 0 Å². The Morgan fingerprint density at radius 3 is 1.47 bits per heavy atom. The van der Waals surface area contributed by atoms with Gasteiger partial charge in [0.1, 0.15) is 0 Å². The van der Waals surface area contributed by atoms with Gasteiger partial charge in [-0.25, -0.2) is 0 Å². The molecule has 75 heavy (non-hydrogen) atoms. The van der Waals surface area contributed by atoms with Gasteiger partial charge in [-0.1, -0.05) is 218 Å². The first-order valence-corrected chi connectivity index (χ1v) is 29.6. The van der Waals surface area contributed by atoms with Gasteiger partial charge in [-0.05, 0) is 145 Å². The molecule has 2 nitrogen and oxygen atoms in total. The highest BCUT2D eigenvalue weighted by Crippen LogP contribution is 2.93. The van der Waals surface area contributed by atoms with Gasteiger partial charge in [0, 0.05) is 42.9 Å². The molecular weight excluding hydrogens is 925 g/mol. The van der Waals surface area contributed by atoms with E-state index in [1.165, 1.54) is 107 Å². The summed E-state index contributed by atoms with van der Waals surface area (Å²) in [6.07, 6.45) is 2.34. The van der Waals surface area contributed by atoms with E-state index in [2.05, 4.69) is 283 Å². The van der Waals surface area contributed by atoms with Crippen LogP contribution in [0.4, 0.5) is 34.1 Å². The van der Waals surface area contributed by atoms with Crippen LogP contribution in [-0.4, -0.2) is 5.75 Å². The van der Waals surface area contributed by atoms with Crippen LogP contribution in [0.1, 0.15) is 165 Å². The Kier molecular flexibility index (Phi) is 11.1. The zero-order valence-electron chi connectivity index (χ0n) is 47.2. The standard InChI is InChI=1S/C72H78N2S/c1-67(2,3)51-32-36-59(55(40-51)47-24-18-15-19-25-47)74-61-44-57-58(70(9,10)39-38-69(57,7)8)45-64(61)75-46-65(75)56-41-52(72(13,14)49-28-22-17-23-29-49)33-37-60(56)73(62-42-53(68(4,5)6)43-63(74)66(62)75)54-34-30-50(31-35-54)71(11,12)48-26-20-16-21-27-48/h15-37,40-45,65H,38-39,46H2,1-14H3. The van der Waals surface area contributed by atoms with Crippen molar-refractivity contribution in [2.75, 3.05) is 15.6 Å². The van der Waals surface area contributed by atoms with Crippen LogP contribution in [0.25, 0.3) is 11.1 Å². The number of nitrogens with zero attached hydrogens (tertiary/aromatic N) is 2. The van der Waals surface area contributed by atoms with Gasteiger partial charge in [-0.2, -0.15) is 10.0 Å². The van der Waals surface area contributed by atoms with E-state index in [1.54, 1.807) is 10.5 Å². The van der Waals surface area contributed by atoms with Crippen LogP contribution in [0.5, 0.6) is 0 Å². The van der Waals surface area contributed by atoms with Gasteiger partial charge in [0.25, 0.3) is 0 Å². The molecule has 8 aromatic rings. The Labute approximate surface area is 451 Å². The van der Waals surface area contributed by atoms with Crippen molar-refractivity contribution >= 4 is 44.2 Å². The fraction of sp³-hybridized carbons (Fsp3) is 0.333. The van der Waals surface area contributed by atoms with E-state index >= 15 is 0 Å². The largest absolute Gasteiger partial charge is 0.309 e. The summed E-state index contributed by atoms with van der Waals surface area (Å²) in [5.74, 6) is 1.14. The Bertz CT molecular complexity index is 3530. The average Bonchev–Trinajstić information content (AvgIpc) is 4.30. The first-order chi connectivity index (χ1) is 35.4. The molecule has 8 aromatic carbocycles. The topological polar surface area (TPSA) is 6.48 Å². The van der Waals surface area contributed by atoms with Crippen molar-refractivity contribution in [3.8, 4) is 11.1 Å². The molecule has 0 bridgehead atoms. The highest BCUT2D eigenvalue weighted by molar-refractivity contribution is 8.40. The molecule has 2 unspecified atom stereocenters. The molecule has 1 spiro atoms. The van der Waals surface area contributed by atoms with Crippen molar-refractivity contribution < 1.29 is 0 Å². The van der Waals surface area contributed by atoms with E-state index in [9.17, 15) is 0 Å². The first-order valence-electron chi connectivity index (χ1n) is 27.8. The zero-order chi connectivity index (χ0) is 52.8. The summed E-state index contributed by atoms with van der Waals surface area (Å²) in [7, 11) is -1.68. The Morgan fingerprint density at radius 2 is 0.893 bits per heavy atom. The predicted octanol–water partition coefficient (Wildman–Crippen LogP) is 20.5. The number of fused-ring (bicyclic) bond motifs is 4. The van der Waals surface area contributed by atoms with Crippen molar-refractivity contribution in [1.29, 1.82) is 0 Å². The molecule has 2 atom stereocenters. The highest BCUT2D eigenvalue weighted by atomic mass is 32.3. The lowest BCUT2D eigenvalue weighted by Gasteiger charge is -2.47. The molecule has 1 aliphatic carbocycles. The monoisotopic (exact) mass is 1000 g/mol. The fourth-order valence-corrected chi connectivity index (χ4v) is 17.9. The van der Waals surface area contributed by atoms with Gasteiger partial charge in [-0.3, -0.25) is 0 Å². The van der Waals surface area contributed by atoms with Gasteiger partial charge in [0.15, 0.2) is 0 Å². The molecule has 0 aromatic heterocycles. The zero-order valence-corrected chi connectivity index (χ0v) is 48.1. The fourth-order valence-electron chi connectivity index (χ4n) is 13.2. The molecule has 1 fully saturated rings. The minimum absolute atomic E-state index is 0.0265. The number of hydrogen-bond acceptors (Lipinski definition) is 2. The summed E-state index contributed by atoms with van der Waals surface area (Å²) in [6.45, 7) is 33.9. The molecule has 0 N–H and O–H groups in total. The van der Waals surface area contributed by atoms with E-state index in [1.807, 2.05) is 0 Å². The average molecular weight is 1000 g/mol. The van der Waals surface area contributed by atoms with Gasteiger partial charge in [0.2, 0.25) is 0 Å². The van der Waals surface area contributed by atoms with Gasteiger partial charge >= 0.3 is 0 Å². The van der Waals surface area contributed by atoms with Crippen LogP contribution in [0.15, 0.2) is 186 Å². The van der Waals surface area contributed by atoms with Crippen LogP contribution in [0.2, 0.25) is 0 Å². The quantitative estimate of drug-likeness (QED) is 0.147. The second-order valence-corrected chi connectivity index (χ2v) is 30.3. The van der Waals surface area contributed by atoms with Crippen molar-refractivity contribution in [2.24, 2.45) is 0 Å². The van der Waals surface area contributed by atoms with Gasteiger partial charge in [0.05, 0.1) is 28.4 Å². The summed E-state index contributed by atoms with van der Waals surface area (Å²) in [6, 6.07) is 68.8. The van der Waals surface area contributed by atoms with Gasteiger partial charge in [-0.15, -0.1) is 0 Å². The molecule has 3 heterocycles. The van der Waals surface area contributed by atoms with Crippen molar-refractivity contribution in [3.05, 3.63) is 226 Å². The molecule has 0 amide bonds. The first kappa shape index (κ1) is 49.6. The lowest BCUT2D eigenvalue weighted by molar-refractivity contribution is 0.331. The lowest BCUT2D eigenvalue weighted by atomic mass is 9.63. The van der Waals surface area contributed by atoms with Crippen molar-refractivity contribution in [3.63, 3.8) is 0 Å². The van der Waals surface area contributed by atoms with Crippen molar-refractivity contribution in [2.45, 2.75) is 157 Å². The Hall–Kier alpha value is -6.29. The molecule has 12 rings (SSSR count). The molecule has 0 radical (unpaired) electrons. The van der Waals surface area contributed by atoms with E-state index in [0.717, 1.165) is 5.75 Å². The maximum absolute atomic E-state index is 2.79. The Balaban J connectivity index is 1.20. The number of hydrogen-bond donors (Lipinski definition) is 0. The maximum atomic E-state index is 2.79. The smallest absolute Gasteiger partial charge is 0.0610 e. The minimum atomic E-state index is -1.68. The summed E-state index contributed by atoms with van der Waals surface area (Å²) >= 11 is 0. The van der Waals surface area contributed by atoms with E-state index in [0.29, 0.717) is 5.25 Å². The minimum Gasteiger partial charge on any atom is -0.309 e. The second kappa shape index (κ2) is 16.9. The Morgan fingerprint density at radius 1 is 0.413 bits per heavy atom. The molecule has 3 aliphatic heterocycles. The third kappa shape index (κ3) is 7.79. The molecule has 382 valence electrons. The molecule has 1 saturated heterocycles. The molecule has 4 aliphatic rings. The molecule has 0 saturated carbocycles. The third-order valence-electron chi connectivity index (χ3n) is 18.5. The summed E-state index contributed by atoms with van der Waals surface area (Å²) in [5.41, 5.74) is 22.5. The third-order valence-corrected chi connectivity index (χ3v) is 22.6. The number of anilines is 6. The molecular formula is C72H78N2S. The number of rotatable bonds is 7. The van der Waals surface area contributed by atoms with Crippen LogP contribution >= 0.6 is 10.0 Å². The van der Waals surface area contributed by atoms with Crippen molar-refractivity contribution in [1.82, 2.24) is 0 Å². The van der Waals surface area contributed by atoms with Crippen LogP contribution in [0.3, 0.4) is 0 Å². The summed E-state index contributed by atoms with van der Waals surface area (Å²) in [4.78, 5) is 8.58. The summed E-state index contributed by atoms with van der Waals surface area (Å²) < 4.78 is 0. The predicted molar refractivity (Wildman–Crippen MR) is 323 cm³/mol. The maximum Gasteiger partial charge on any atom is 0.0610 e. The van der Waals surface area contributed by atoms with Crippen LogP contribution in [0, 0.1) is 0 Å². The second-order valence-electron chi connectivity index (χ2n) is 27.0. The van der Waals surface area contributed by atoms with Crippen LogP contribution in [-0.2, 0) is 32.5 Å².